The lowest BCUT2D eigenvalue weighted by molar-refractivity contribution is -0.128. The number of hydrogen-bond acceptors (Lipinski definition) is 2. The second-order valence-corrected chi connectivity index (χ2v) is 8.11. The van der Waals surface area contributed by atoms with Gasteiger partial charge >= 0.3 is 0 Å². The summed E-state index contributed by atoms with van der Waals surface area (Å²) in [5.41, 5.74) is 1.32. The van der Waals surface area contributed by atoms with Crippen molar-refractivity contribution < 1.29 is 9.18 Å². The van der Waals surface area contributed by atoms with Gasteiger partial charge in [0, 0.05) is 18.0 Å². The Balaban J connectivity index is 1.56. The molecule has 4 heteroatoms. The second kappa shape index (κ2) is 10.0. The van der Waals surface area contributed by atoms with E-state index in [0.717, 1.165) is 38.9 Å². The van der Waals surface area contributed by atoms with Gasteiger partial charge in [-0.25, -0.2) is 4.39 Å². The van der Waals surface area contributed by atoms with Crippen molar-refractivity contribution in [1.82, 2.24) is 10.2 Å². The number of amides is 1. The molecule has 1 heterocycles. The van der Waals surface area contributed by atoms with Crippen LogP contribution in [0.4, 0.5) is 4.39 Å². The highest BCUT2D eigenvalue weighted by Gasteiger charge is 2.35. The first-order valence-corrected chi connectivity index (χ1v) is 10.9. The summed E-state index contributed by atoms with van der Waals surface area (Å²) in [5.74, 6) is -0.167. The van der Waals surface area contributed by atoms with Gasteiger partial charge in [-0.1, -0.05) is 62.4 Å². The molecular formula is C25H33FN2O. The van der Waals surface area contributed by atoms with E-state index in [4.69, 9.17) is 0 Å². The van der Waals surface area contributed by atoms with Crippen LogP contribution in [-0.2, 0) is 16.8 Å². The molecule has 0 bridgehead atoms. The van der Waals surface area contributed by atoms with Gasteiger partial charge in [0.05, 0.1) is 5.54 Å². The fourth-order valence-electron chi connectivity index (χ4n) is 4.41. The van der Waals surface area contributed by atoms with Crippen LogP contribution in [0.25, 0.3) is 0 Å². The molecule has 0 spiro atoms. The monoisotopic (exact) mass is 396 g/mol. The molecule has 0 atom stereocenters. The van der Waals surface area contributed by atoms with Gasteiger partial charge in [0.25, 0.3) is 0 Å². The van der Waals surface area contributed by atoms with Gasteiger partial charge in [-0.3, -0.25) is 4.79 Å². The Labute approximate surface area is 174 Å². The third kappa shape index (κ3) is 5.24. The maximum atomic E-state index is 14.5. The maximum Gasteiger partial charge on any atom is 0.223 e. The summed E-state index contributed by atoms with van der Waals surface area (Å²) in [6, 6.07) is 17.3. The molecule has 0 radical (unpaired) electrons. The summed E-state index contributed by atoms with van der Waals surface area (Å²) in [7, 11) is 0. The quantitative estimate of drug-likeness (QED) is 0.687. The first-order chi connectivity index (χ1) is 14.1. The van der Waals surface area contributed by atoms with Crippen molar-refractivity contribution in [3.63, 3.8) is 0 Å². The minimum absolute atomic E-state index is 0.00669. The van der Waals surface area contributed by atoms with E-state index in [0.29, 0.717) is 18.4 Å². The summed E-state index contributed by atoms with van der Waals surface area (Å²) >= 11 is 0. The van der Waals surface area contributed by atoms with Crippen LogP contribution in [0.2, 0.25) is 0 Å². The number of carbonyl (C=O) groups is 1. The first kappa shape index (κ1) is 21.5. The largest absolute Gasteiger partial charge is 0.346 e. The predicted octanol–water partition coefficient (Wildman–Crippen LogP) is 4.91. The number of rotatable bonds is 8. The SMILES string of the molecule is CCC(CC)(NC(=O)C1CCN(CCc2ccccc2)CC1)c1ccccc1F. The minimum atomic E-state index is -0.632. The van der Waals surface area contributed by atoms with Crippen LogP contribution in [-0.4, -0.2) is 30.4 Å². The zero-order chi connectivity index (χ0) is 20.7. The van der Waals surface area contributed by atoms with Crippen molar-refractivity contribution >= 4 is 5.91 Å². The van der Waals surface area contributed by atoms with E-state index in [1.165, 1.54) is 11.6 Å². The Bertz CT molecular complexity index is 780. The topological polar surface area (TPSA) is 32.3 Å². The van der Waals surface area contributed by atoms with Crippen LogP contribution >= 0.6 is 0 Å². The van der Waals surface area contributed by atoms with Crippen molar-refractivity contribution in [1.29, 1.82) is 0 Å². The number of likely N-dealkylation sites (tertiary alicyclic amines) is 1. The van der Waals surface area contributed by atoms with Crippen molar-refractivity contribution in [2.75, 3.05) is 19.6 Å². The van der Waals surface area contributed by atoms with Crippen molar-refractivity contribution in [2.45, 2.75) is 51.5 Å². The molecule has 1 aliphatic heterocycles. The summed E-state index contributed by atoms with van der Waals surface area (Å²) in [4.78, 5) is 15.5. The number of carbonyl (C=O) groups excluding carboxylic acids is 1. The lowest BCUT2D eigenvalue weighted by atomic mass is 9.83. The molecule has 3 rings (SSSR count). The van der Waals surface area contributed by atoms with E-state index in [2.05, 4.69) is 34.5 Å². The number of halogens is 1. The molecule has 29 heavy (non-hydrogen) atoms. The Morgan fingerprint density at radius 2 is 1.66 bits per heavy atom. The molecule has 1 amide bonds. The standard InChI is InChI=1S/C25H33FN2O/c1-3-25(4-2,22-12-8-9-13-23(22)26)27-24(29)21-15-18-28(19-16-21)17-14-20-10-6-5-7-11-20/h5-13,21H,3-4,14-19H2,1-2H3,(H,27,29). The molecule has 1 aliphatic rings. The van der Waals surface area contributed by atoms with Crippen LogP contribution in [0.15, 0.2) is 54.6 Å². The molecule has 0 unspecified atom stereocenters. The highest BCUT2D eigenvalue weighted by Crippen LogP contribution is 2.32. The molecule has 1 N–H and O–H groups in total. The smallest absolute Gasteiger partial charge is 0.223 e. The number of benzene rings is 2. The molecule has 156 valence electrons. The van der Waals surface area contributed by atoms with Crippen LogP contribution in [0.5, 0.6) is 0 Å². The van der Waals surface area contributed by atoms with Crippen molar-refractivity contribution in [3.05, 3.63) is 71.5 Å². The number of hydrogen-bond donors (Lipinski definition) is 1. The third-order valence-corrected chi connectivity index (χ3v) is 6.48. The van der Waals surface area contributed by atoms with Crippen LogP contribution in [0.3, 0.4) is 0 Å². The van der Waals surface area contributed by atoms with E-state index >= 15 is 0 Å². The molecule has 2 aromatic rings. The number of nitrogens with zero attached hydrogens (tertiary/aromatic N) is 1. The summed E-state index contributed by atoms with van der Waals surface area (Å²) in [5, 5.41) is 3.23. The molecule has 0 aromatic heterocycles. The van der Waals surface area contributed by atoms with E-state index in [1.807, 2.05) is 26.0 Å². The molecule has 2 aromatic carbocycles. The maximum absolute atomic E-state index is 14.5. The molecule has 0 saturated carbocycles. The lowest BCUT2D eigenvalue weighted by Gasteiger charge is -2.37. The normalized spacial score (nSPS) is 16.0. The minimum Gasteiger partial charge on any atom is -0.346 e. The Hall–Kier alpha value is -2.20. The first-order valence-electron chi connectivity index (χ1n) is 10.9. The van der Waals surface area contributed by atoms with Gasteiger partial charge in [0.2, 0.25) is 5.91 Å². The molecule has 1 fully saturated rings. The second-order valence-electron chi connectivity index (χ2n) is 8.11. The molecular weight excluding hydrogens is 363 g/mol. The predicted molar refractivity (Wildman–Crippen MR) is 116 cm³/mol. The lowest BCUT2D eigenvalue weighted by Crippen LogP contribution is -2.50. The molecule has 0 aliphatic carbocycles. The fourth-order valence-corrected chi connectivity index (χ4v) is 4.41. The number of nitrogens with one attached hydrogen (secondary N) is 1. The molecule has 1 saturated heterocycles. The average molecular weight is 397 g/mol. The van der Waals surface area contributed by atoms with E-state index < -0.39 is 5.54 Å². The van der Waals surface area contributed by atoms with Crippen LogP contribution in [0, 0.1) is 11.7 Å². The van der Waals surface area contributed by atoms with Crippen LogP contribution < -0.4 is 5.32 Å². The number of piperidine rings is 1. The Morgan fingerprint density at radius 3 is 2.28 bits per heavy atom. The fraction of sp³-hybridized carbons (Fsp3) is 0.480. The zero-order valence-electron chi connectivity index (χ0n) is 17.7. The third-order valence-electron chi connectivity index (χ3n) is 6.48. The van der Waals surface area contributed by atoms with Crippen LogP contribution in [0.1, 0.15) is 50.7 Å². The summed E-state index contributed by atoms with van der Waals surface area (Å²) in [6.07, 6.45) is 4.11. The zero-order valence-corrected chi connectivity index (χ0v) is 17.7. The Kier molecular flexibility index (Phi) is 7.43. The van der Waals surface area contributed by atoms with Crippen molar-refractivity contribution in [2.24, 2.45) is 5.92 Å². The van der Waals surface area contributed by atoms with Gasteiger partial charge in [-0.05, 0) is 56.8 Å². The molecule has 3 nitrogen and oxygen atoms in total. The highest BCUT2D eigenvalue weighted by molar-refractivity contribution is 5.79. The van der Waals surface area contributed by atoms with Gasteiger partial charge < -0.3 is 10.2 Å². The summed E-state index contributed by atoms with van der Waals surface area (Å²) < 4.78 is 14.5. The Morgan fingerprint density at radius 1 is 1.03 bits per heavy atom. The highest BCUT2D eigenvalue weighted by atomic mass is 19.1. The van der Waals surface area contributed by atoms with Gasteiger partial charge in [0.1, 0.15) is 5.82 Å². The van der Waals surface area contributed by atoms with Gasteiger partial charge in [-0.15, -0.1) is 0 Å². The average Bonchev–Trinajstić information content (AvgIpc) is 2.77. The van der Waals surface area contributed by atoms with E-state index in [1.54, 1.807) is 12.1 Å². The van der Waals surface area contributed by atoms with E-state index in [9.17, 15) is 9.18 Å². The summed E-state index contributed by atoms with van der Waals surface area (Å²) in [6.45, 7) is 6.94. The van der Waals surface area contributed by atoms with Gasteiger partial charge in [0.15, 0.2) is 0 Å². The van der Waals surface area contributed by atoms with E-state index in [-0.39, 0.29) is 17.6 Å². The van der Waals surface area contributed by atoms with Gasteiger partial charge in [-0.2, -0.15) is 0 Å². The van der Waals surface area contributed by atoms with Crippen molar-refractivity contribution in [3.8, 4) is 0 Å².